The third kappa shape index (κ3) is 6.90. The van der Waals surface area contributed by atoms with E-state index in [9.17, 15) is 13.2 Å². The number of aryl methyl sites for hydroxylation is 2. The molecule has 4 rings (SSSR count). The number of rotatable bonds is 9. The van der Waals surface area contributed by atoms with Gasteiger partial charge in [-0.15, -0.1) is 0 Å². The average molecular weight is 585 g/mol. The highest BCUT2D eigenvalue weighted by Gasteiger charge is 2.35. The molecule has 1 unspecified atom stereocenters. The molecule has 0 bridgehead atoms. The highest BCUT2D eigenvalue weighted by Crippen LogP contribution is 2.31. The molecule has 7 nitrogen and oxygen atoms in total. The molecule has 3 aliphatic rings. The molecule has 1 atom stereocenters. The van der Waals surface area contributed by atoms with Gasteiger partial charge >= 0.3 is 0 Å². The lowest BCUT2D eigenvalue weighted by Gasteiger charge is -2.35. The summed E-state index contributed by atoms with van der Waals surface area (Å²) in [6, 6.07) is 3.46. The number of likely N-dealkylation sites (tertiary alicyclic amines) is 2. The molecule has 9 heteroatoms. The molecule has 0 radical (unpaired) electrons. The molecule has 3 heterocycles. The maximum Gasteiger partial charge on any atom is 0.248 e. The van der Waals surface area contributed by atoms with Gasteiger partial charge in [0, 0.05) is 30.1 Å². The van der Waals surface area contributed by atoms with Crippen molar-refractivity contribution in [1.82, 2.24) is 14.1 Å². The van der Waals surface area contributed by atoms with E-state index < -0.39 is 10.0 Å². The van der Waals surface area contributed by atoms with Gasteiger partial charge < -0.3 is 14.5 Å². The van der Waals surface area contributed by atoms with Crippen LogP contribution < -0.4 is 0 Å². The molecule has 1 amide bonds. The van der Waals surface area contributed by atoms with Gasteiger partial charge in [-0.1, -0.05) is 22.4 Å². The van der Waals surface area contributed by atoms with Crippen molar-refractivity contribution in [2.45, 2.75) is 76.2 Å². The molecule has 202 valence electrons. The first-order chi connectivity index (χ1) is 17.3. The molecule has 0 aromatic heterocycles. The van der Waals surface area contributed by atoms with E-state index in [-0.39, 0.29) is 25.2 Å². The van der Waals surface area contributed by atoms with Crippen LogP contribution in [-0.4, -0.2) is 87.0 Å². The monoisotopic (exact) mass is 583 g/mol. The summed E-state index contributed by atoms with van der Waals surface area (Å²) in [6.07, 6.45) is 8.61. The Labute approximate surface area is 225 Å². The quantitative estimate of drug-likeness (QED) is 0.432. The Morgan fingerprint density at radius 3 is 2.28 bits per heavy atom. The van der Waals surface area contributed by atoms with E-state index in [0.717, 1.165) is 60.8 Å². The third-order valence-electron chi connectivity index (χ3n) is 8.12. The Balaban J connectivity index is 1.26. The first-order valence-corrected chi connectivity index (χ1v) is 15.9. The minimum Gasteiger partial charge on any atom is -0.370 e. The number of hydrogen-bond acceptors (Lipinski definition) is 5. The van der Waals surface area contributed by atoms with Crippen LogP contribution in [0.25, 0.3) is 0 Å². The van der Waals surface area contributed by atoms with E-state index in [1.165, 1.54) is 38.9 Å². The van der Waals surface area contributed by atoms with Gasteiger partial charge in [-0.05, 0) is 108 Å². The minimum atomic E-state index is -3.64. The molecule has 0 aliphatic carbocycles. The van der Waals surface area contributed by atoms with Crippen LogP contribution in [-0.2, 0) is 19.6 Å². The first-order valence-electron chi connectivity index (χ1n) is 13.6. The van der Waals surface area contributed by atoms with Crippen LogP contribution >= 0.6 is 15.9 Å². The standard InChI is InChI=1S/C27H42BrN3O4S/c1-21-17-24(28)18-22(2)27(21)36(33,34)31-13-4-3-7-25(31)19-35-20-26(32)30-15-9-23(10-16-30)8-14-29-11-5-6-12-29/h17-18,23,25H,3-16,19-20H2,1-2H3. The van der Waals surface area contributed by atoms with Crippen LogP contribution in [0.3, 0.4) is 0 Å². The van der Waals surface area contributed by atoms with E-state index in [4.69, 9.17) is 4.74 Å². The number of halogens is 1. The van der Waals surface area contributed by atoms with Crippen molar-refractivity contribution in [2.75, 3.05) is 52.5 Å². The fourth-order valence-electron chi connectivity index (χ4n) is 6.09. The number of ether oxygens (including phenoxy) is 1. The van der Waals surface area contributed by atoms with E-state index >= 15 is 0 Å². The van der Waals surface area contributed by atoms with Crippen molar-refractivity contribution in [2.24, 2.45) is 5.92 Å². The molecule has 3 fully saturated rings. The lowest BCUT2D eigenvalue weighted by atomic mass is 9.93. The molecule has 3 aliphatic heterocycles. The van der Waals surface area contributed by atoms with E-state index in [2.05, 4.69) is 20.8 Å². The van der Waals surface area contributed by atoms with E-state index in [1.807, 2.05) is 30.9 Å². The van der Waals surface area contributed by atoms with Gasteiger partial charge in [0.15, 0.2) is 0 Å². The number of sulfonamides is 1. The summed E-state index contributed by atoms with van der Waals surface area (Å²) < 4.78 is 35.6. The third-order valence-corrected chi connectivity index (χ3v) is 10.8. The maximum absolute atomic E-state index is 13.6. The van der Waals surface area contributed by atoms with Gasteiger partial charge in [0.2, 0.25) is 15.9 Å². The minimum absolute atomic E-state index is 0.0257. The SMILES string of the molecule is Cc1cc(Br)cc(C)c1S(=O)(=O)N1CCCCC1COCC(=O)N1CCC(CCN2CCCC2)CC1. The molecular weight excluding hydrogens is 542 g/mol. The first kappa shape index (κ1) is 28.0. The summed E-state index contributed by atoms with van der Waals surface area (Å²) in [5.41, 5.74) is 1.48. The second kappa shape index (κ2) is 12.7. The van der Waals surface area contributed by atoms with Crippen molar-refractivity contribution < 1.29 is 17.9 Å². The zero-order chi connectivity index (χ0) is 25.7. The number of piperidine rings is 2. The lowest BCUT2D eigenvalue weighted by Crippen LogP contribution is -2.47. The number of amides is 1. The second-order valence-electron chi connectivity index (χ2n) is 10.8. The normalized spacial score (nSPS) is 22.9. The molecule has 0 N–H and O–H groups in total. The van der Waals surface area contributed by atoms with Gasteiger partial charge in [0.1, 0.15) is 6.61 Å². The maximum atomic E-state index is 13.6. The molecule has 3 saturated heterocycles. The van der Waals surface area contributed by atoms with Gasteiger partial charge in [0.25, 0.3) is 0 Å². The Morgan fingerprint density at radius 2 is 1.61 bits per heavy atom. The predicted octanol–water partition coefficient (Wildman–Crippen LogP) is 4.35. The van der Waals surface area contributed by atoms with Crippen LogP contribution in [0.2, 0.25) is 0 Å². The summed E-state index contributed by atoms with van der Waals surface area (Å²) in [5, 5.41) is 0. The predicted molar refractivity (Wildman–Crippen MR) is 146 cm³/mol. The smallest absolute Gasteiger partial charge is 0.248 e. The summed E-state index contributed by atoms with van der Waals surface area (Å²) in [5.74, 6) is 0.736. The van der Waals surface area contributed by atoms with Crippen molar-refractivity contribution in [3.8, 4) is 0 Å². The molecule has 0 spiro atoms. The number of carbonyl (C=O) groups is 1. The van der Waals surface area contributed by atoms with Crippen molar-refractivity contribution in [1.29, 1.82) is 0 Å². The van der Waals surface area contributed by atoms with Crippen LogP contribution in [0.5, 0.6) is 0 Å². The number of nitrogens with zero attached hydrogens (tertiary/aromatic N) is 3. The van der Waals surface area contributed by atoms with Crippen LogP contribution in [0.15, 0.2) is 21.5 Å². The largest absolute Gasteiger partial charge is 0.370 e. The van der Waals surface area contributed by atoms with Gasteiger partial charge in [-0.25, -0.2) is 8.42 Å². The fraction of sp³-hybridized carbons (Fsp3) is 0.741. The second-order valence-corrected chi connectivity index (χ2v) is 13.6. The zero-order valence-corrected chi connectivity index (χ0v) is 24.3. The number of benzene rings is 1. The number of hydrogen-bond donors (Lipinski definition) is 0. The highest BCUT2D eigenvalue weighted by atomic mass is 79.9. The van der Waals surface area contributed by atoms with E-state index in [1.54, 1.807) is 4.31 Å². The summed E-state index contributed by atoms with van der Waals surface area (Å²) in [6.45, 7) is 9.76. The van der Waals surface area contributed by atoms with E-state index in [0.29, 0.717) is 17.4 Å². The summed E-state index contributed by atoms with van der Waals surface area (Å²) >= 11 is 3.46. The van der Waals surface area contributed by atoms with Crippen molar-refractivity contribution in [3.63, 3.8) is 0 Å². The van der Waals surface area contributed by atoms with Crippen molar-refractivity contribution >= 4 is 31.9 Å². The fourth-order valence-corrected chi connectivity index (χ4v) is 8.88. The van der Waals surface area contributed by atoms with Gasteiger partial charge in [-0.2, -0.15) is 4.31 Å². The summed E-state index contributed by atoms with van der Waals surface area (Å²) in [7, 11) is -3.64. The molecule has 36 heavy (non-hydrogen) atoms. The molecule has 1 aromatic rings. The lowest BCUT2D eigenvalue weighted by molar-refractivity contribution is -0.138. The molecule has 1 aromatic carbocycles. The van der Waals surface area contributed by atoms with Crippen LogP contribution in [0.4, 0.5) is 0 Å². The molecule has 0 saturated carbocycles. The summed E-state index contributed by atoms with van der Waals surface area (Å²) in [4.78, 5) is 17.7. The Morgan fingerprint density at radius 1 is 0.972 bits per heavy atom. The van der Waals surface area contributed by atoms with Crippen molar-refractivity contribution in [3.05, 3.63) is 27.7 Å². The van der Waals surface area contributed by atoms with Gasteiger partial charge in [0.05, 0.1) is 11.5 Å². The Hall–Kier alpha value is -1.00. The van der Waals surface area contributed by atoms with Gasteiger partial charge in [-0.3, -0.25) is 4.79 Å². The molecular formula is C27H42BrN3O4S. The van der Waals surface area contributed by atoms with Crippen LogP contribution in [0, 0.1) is 19.8 Å². The topological polar surface area (TPSA) is 70.2 Å². The number of carbonyl (C=O) groups excluding carboxylic acids is 1. The Bertz CT molecular complexity index is 981. The average Bonchev–Trinajstić information content (AvgIpc) is 3.36. The Kier molecular flexibility index (Phi) is 9.88. The van der Waals surface area contributed by atoms with Crippen LogP contribution in [0.1, 0.15) is 62.5 Å². The highest BCUT2D eigenvalue weighted by molar-refractivity contribution is 9.10. The zero-order valence-electron chi connectivity index (χ0n) is 21.9.